The van der Waals surface area contributed by atoms with Crippen molar-refractivity contribution in [2.75, 3.05) is 39.9 Å². The summed E-state index contributed by atoms with van der Waals surface area (Å²) in [6.45, 7) is 3.63. The van der Waals surface area contributed by atoms with Crippen molar-refractivity contribution in [1.29, 1.82) is 0 Å². The van der Waals surface area contributed by atoms with Crippen molar-refractivity contribution in [3.05, 3.63) is 0 Å². The van der Waals surface area contributed by atoms with Crippen LogP contribution in [0.2, 0.25) is 0 Å². The minimum Gasteiger partial charge on any atom is -0.384 e. The largest absolute Gasteiger partial charge is 0.384 e. The highest BCUT2D eigenvalue weighted by atomic mass is 32.2. The number of hydrogen-bond donors (Lipinski definition) is 1. The summed E-state index contributed by atoms with van der Waals surface area (Å²) in [5.41, 5.74) is 0. The molecule has 5 nitrogen and oxygen atoms in total. The van der Waals surface area contributed by atoms with Crippen LogP contribution in [0.5, 0.6) is 0 Å². The molecule has 2 saturated heterocycles. The van der Waals surface area contributed by atoms with Crippen molar-refractivity contribution < 1.29 is 13.2 Å². The lowest BCUT2D eigenvalue weighted by Gasteiger charge is -2.35. The van der Waals surface area contributed by atoms with Crippen LogP contribution >= 0.6 is 0 Å². The number of methoxy groups -OCH3 is 1. The Kier molecular flexibility index (Phi) is 5.00. The SMILES string of the molecule is COCC1CCCN(S(=O)(=O)C2CCNCC2)C1. The number of hydrogen-bond acceptors (Lipinski definition) is 4. The molecule has 0 aromatic carbocycles. The van der Waals surface area contributed by atoms with Gasteiger partial charge >= 0.3 is 0 Å². The fourth-order valence-electron chi connectivity index (χ4n) is 2.93. The molecule has 2 aliphatic heterocycles. The van der Waals surface area contributed by atoms with Gasteiger partial charge in [0.25, 0.3) is 0 Å². The molecule has 2 rings (SSSR count). The van der Waals surface area contributed by atoms with Crippen molar-refractivity contribution in [3.8, 4) is 0 Å². The minimum atomic E-state index is -3.10. The third kappa shape index (κ3) is 3.23. The Morgan fingerprint density at radius 1 is 1.28 bits per heavy atom. The number of nitrogens with one attached hydrogen (secondary N) is 1. The molecule has 1 N–H and O–H groups in total. The molecule has 2 fully saturated rings. The summed E-state index contributed by atoms with van der Waals surface area (Å²) in [5, 5.41) is 3.04. The van der Waals surface area contributed by atoms with E-state index in [1.54, 1.807) is 11.4 Å². The monoisotopic (exact) mass is 276 g/mol. The lowest BCUT2D eigenvalue weighted by Crippen LogP contribution is -2.48. The molecule has 0 aliphatic carbocycles. The van der Waals surface area contributed by atoms with E-state index in [2.05, 4.69) is 5.32 Å². The van der Waals surface area contributed by atoms with Crippen LogP contribution in [0.25, 0.3) is 0 Å². The van der Waals surface area contributed by atoms with Gasteiger partial charge in [-0.3, -0.25) is 0 Å². The zero-order valence-corrected chi connectivity index (χ0v) is 11.9. The topological polar surface area (TPSA) is 58.6 Å². The molecule has 6 heteroatoms. The third-order valence-electron chi connectivity index (χ3n) is 3.95. The molecule has 0 saturated carbocycles. The van der Waals surface area contributed by atoms with Crippen LogP contribution in [0, 0.1) is 5.92 Å². The maximum atomic E-state index is 12.5. The summed E-state index contributed by atoms with van der Waals surface area (Å²) in [5.74, 6) is 0.361. The predicted molar refractivity (Wildman–Crippen MR) is 71.0 cm³/mol. The highest BCUT2D eigenvalue weighted by Crippen LogP contribution is 2.24. The Morgan fingerprint density at radius 2 is 2.00 bits per heavy atom. The van der Waals surface area contributed by atoms with Gasteiger partial charge in [0.15, 0.2) is 0 Å². The van der Waals surface area contributed by atoms with Gasteiger partial charge in [0.1, 0.15) is 0 Å². The van der Waals surface area contributed by atoms with Crippen LogP contribution in [0.15, 0.2) is 0 Å². The molecule has 0 aromatic heterocycles. The fraction of sp³-hybridized carbons (Fsp3) is 1.00. The summed E-state index contributed by atoms with van der Waals surface area (Å²) in [6, 6.07) is 0. The number of piperidine rings is 2. The average molecular weight is 276 g/mol. The molecule has 106 valence electrons. The van der Waals surface area contributed by atoms with Gasteiger partial charge < -0.3 is 10.1 Å². The van der Waals surface area contributed by atoms with Gasteiger partial charge in [-0.05, 0) is 44.7 Å². The van der Waals surface area contributed by atoms with E-state index in [1.807, 2.05) is 0 Å². The predicted octanol–water partition coefficient (Wildman–Crippen LogP) is 0.427. The van der Waals surface area contributed by atoms with Gasteiger partial charge in [0.05, 0.1) is 11.9 Å². The normalized spacial score (nSPS) is 28.4. The van der Waals surface area contributed by atoms with Crippen LogP contribution < -0.4 is 5.32 Å². The number of ether oxygens (including phenoxy) is 1. The zero-order chi connectivity index (χ0) is 13.0. The Labute approximate surface area is 110 Å². The van der Waals surface area contributed by atoms with Gasteiger partial charge in [0, 0.05) is 20.2 Å². The average Bonchev–Trinajstić information content (AvgIpc) is 2.40. The third-order valence-corrected chi connectivity index (χ3v) is 6.32. The molecule has 0 radical (unpaired) electrons. The van der Waals surface area contributed by atoms with E-state index in [9.17, 15) is 8.42 Å². The van der Waals surface area contributed by atoms with Gasteiger partial charge in [-0.1, -0.05) is 0 Å². The number of nitrogens with zero attached hydrogens (tertiary/aromatic N) is 1. The lowest BCUT2D eigenvalue weighted by atomic mass is 10.0. The Hall–Kier alpha value is -0.170. The van der Waals surface area contributed by atoms with Crippen LogP contribution in [-0.4, -0.2) is 57.9 Å². The van der Waals surface area contributed by atoms with Crippen molar-refractivity contribution in [2.45, 2.75) is 30.9 Å². The lowest BCUT2D eigenvalue weighted by molar-refractivity contribution is 0.118. The van der Waals surface area contributed by atoms with E-state index in [1.165, 1.54) is 0 Å². The van der Waals surface area contributed by atoms with E-state index in [-0.39, 0.29) is 5.25 Å². The number of rotatable bonds is 4. The fourth-order valence-corrected chi connectivity index (χ4v) is 4.99. The van der Waals surface area contributed by atoms with E-state index >= 15 is 0 Å². The summed E-state index contributed by atoms with van der Waals surface area (Å²) in [4.78, 5) is 0. The van der Waals surface area contributed by atoms with Crippen molar-refractivity contribution in [2.24, 2.45) is 5.92 Å². The van der Waals surface area contributed by atoms with Crippen LogP contribution in [0.4, 0.5) is 0 Å². The second-order valence-electron chi connectivity index (χ2n) is 5.32. The molecule has 18 heavy (non-hydrogen) atoms. The molecule has 1 unspecified atom stereocenters. The quantitative estimate of drug-likeness (QED) is 0.809. The molecule has 0 bridgehead atoms. The summed E-state index contributed by atoms with van der Waals surface area (Å²) >= 11 is 0. The molecule has 1 atom stereocenters. The molecule has 2 aliphatic rings. The first-order valence-corrected chi connectivity index (χ1v) is 8.33. The maximum Gasteiger partial charge on any atom is 0.217 e. The van der Waals surface area contributed by atoms with Crippen molar-refractivity contribution in [3.63, 3.8) is 0 Å². The standard InChI is InChI=1S/C12H24N2O3S/c1-17-10-11-3-2-8-14(9-11)18(15,16)12-4-6-13-7-5-12/h11-13H,2-10H2,1H3. The first kappa shape index (κ1) is 14.2. The molecule has 0 amide bonds. The first-order valence-electron chi connectivity index (χ1n) is 6.83. The van der Waals surface area contributed by atoms with E-state index in [4.69, 9.17) is 4.74 Å². The van der Waals surface area contributed by atoms with Gasteiger partial charge in [-0.15, -0.1) is 0 Å². The molecule has 0 spiro atoms. The Morgan fingerprint density at radius 3 is 2.67 bits per heavy atom. The molecule has 0 aromatic rings. The molecule has 2 heterocycles. The summed E-state index contributed by atoms with van der Waals surface area (Å²) in [6.07, 6.45) is 3.52. The van der Waals surface area contributed by atoms with E-state index in [0.29, 0.717) is 25.6 Å². The van der Waals surface area contributed by atoms with Gasteiger partial charge in [-0.25, -0.2) is 12.7 Å². The van der Waals surface area contributed by atoms with Crippen LogP contribution in [-0.2, 0) is 14.8 Å². The zero-order valence-electron chi connectivity index (χ0n) is 11.1. The highest BCUT2D eigenvalue weighted by molar-refractivity contribution is 7.89. The smallest absolute Gasteiger partial charge is 0.217 e. The minimum absolute atomic E-state index is 0.181. The summed E-state index contributed by atoms with van der Waals surface area (Å²) in [7, 11) is -1.42. The second kappa shape index (κ2) is 6.32. The highest BCUT2D eigenvalue weighted by Gasteiger charge is 2.35. The van der Waals surface area contributed by atoms with Crippen molar-refractivity contribution in [1.82, 2.24) is 9.62 Å². The van der Waals surface area contributed by atoms with Crippen LogP contribution in [0.3, 0.4) is 0 Å². The van der Waals surface area contributed by atoms with Gasteiger partial charge in [0.2, 0.25) is 10.0 Å². The van der Waals surface area contributed by atoms with Crippen LogP contribution in [0.1, 0.15) is 25.7 Å². The number of sulfonamides is 1. The first-order chi connectivity index (χ1) is 8.64. The summed E-state index contributed by atoms with van der Waals surface area (Å²) < 4.78 is 32.0. The van der Waals surface area contributed by atoms with E-state index < -0.39 is 10.0 Å². The molecular formula is C12H24N2O3S. The van der Waals surface area contributed by atoms with Crippen molar-refractivity contribution >= 4 is 10.0 Å². The van der Waals surface area contributed by atoms with Gasteiger partial charge in [-0.2, -0.15) is 0 Å². The molecular weight excluding hydrogens is 252 g/mol. The maximum absolute atomic E-state index is 12.5. The Balaban J connectivity index is 1.99. The van der Waals surface area contributed by atoms with E-state index in [0.717, 1.165) is 38.8 Å². The Bertz CT molecular complexity index is 350. The second-order valence-corrected chi connectivity index (χ2v) is 7.53.